The molecular formula is C15H17ClN2S. The number of pyridine rings is 1. The maximum absolute atomic E-state index is 6.19. The van der Waals surface area contributed by atoms with Crippen LogP contribution in [0.3, 0.4) is 0 Å². The number of hydrogen-bond donors (Lipinski definition) is 1. The lowest BCUT2D eigenvalue weighted by molar-refractivity contribution is 0.583. The average Bonchev–Trinajstić information content (AvgIpc) is 2.46. The third-order valence-corrected chi connectivity index (χ3v) is 4.30. The van der Waals surface area contributed by atoms with Gasteiger partial charge in [0.05, 0.1) is 5.02 Å². The molecule has 1 aromatic heterocycles. The minimum absolute atomic E-state index is 0.253. The van der Waals surface area contributed by atoms with Crippen LogP contribution >= 0.6 is 23.4 Å². The molecule has 1 N–H and O–H groups in total. The highest BCUT2D eigenvalue weighted by molar-refractivity contribution is 7.98. The number of nitrogens with one attached hydrogen (secondary N) is 1. The lowest BCUT2D eigenvalue weighted by atomic mass is 9.99. The summed E-state index contributed by atoms with van der Waals surface area (Å²) < 4.78 is 0. The molecule has 100 valence electrons. The van der Waals surface area contributed by atoms with Gasteiger partial charge in [0.15, 0.2) is 0 Å². The van der Waals surface area contributed by atoms with E-state index in [-0.39, 0.29) is 6.04 Å². The molecule has 19 heavy (non-hydrogen) atoms. The van der Waals surface area contributed by atoms with Crippen LogP contribution in [0.5, 0.6) is 0 Å². The van der Waals surface area contributed by atoms with Crippen LogP contribution in [0, 0.1) is 0 Å². The molecule has 0 fully saturated rings. The largest absolute Gasteiger partial charge is 0.313 e. The van der Waals surface area contributed by atoms with Gasteiger partial charge in [-0.25, -0.2) is 0 Å². The first-order chi connectivity index (χ1) is 9.26. The first-order valence-electron chi connectivity index (χ1n) is 6.14. The van der Waals surface area contributed by atoms with Gasteiger partial charge in [0.25, 0.3) is 0 Å². The van der Waals surface area contributed by atoms with Crippen LogP contribution in [0.1, 0.15) is 17.2 Å². The Morgan fingerprint density at radius 3 is 2.79 bits per heavy atom. The van der Waals surface area contributed by atoms with Crippen molar-refractivity contribution in [1.29, 1.82) is 0 Å². The molecule has 2 nitrogen and oxygen atoms in total. The highest BCUT2D eigenvalue weighted by Gasteiger charge is 2.15. The number of hydrogen-bond acceptors (Lipinski definition) is 3. The van der Waals surface area contributed by atoms with Crippen molar-refractivity contribution in [2.24, 2.45) is 0 Å². The first-order valence-corrected chi connectivity index (χ1v) is 7.75. The molecular weight excluding hydrogens is 276 g/mol. The van der Waals surface area contributed by atoms with Crippen molar-refractivity contribution in [3.05, 3.63) is 58.9 Å². The standard InChI is InChI=1S/C15H17ClN2S/c1-17-14(9-11-7-8-18-10-13(11)16)12-5-3-4-6-15(12)19-2/h3-8,10,14,17H,9H2,1-2H3. The monoisotopic (exact) mass is 292 g/mol. The number of likely N-dealkylation sites (N-methyl/N-ethyl adjacent to an activating group) is 1. The van der Waals surface area contributed by atoms with Crippen molar-refractivity contribution < 1.29 is 0 Å². The molecule has 4 heteroatoms. The van der Waals surface area contributed by atoms with Crippen molar-refractivity contribution >= 4 is 23.4 Å². The Kier molecular flexibility index (Phi) is 5.25. The number of aromatic nitrogens is 1. The second kappa shape index (κ2) is 6.94. The van der Waals surface area contributed by atoms with E-state index in [1.807, 2.05) is 13.1 Å². The predicted octanol–water partition coefficient (Wildman–Crippen LogP) is 3.96. The fraction of sp³-hybridized carbons (Fsp3) is 0.267. The van der Waals surface area contributed by atoms with Gasteiger partial charge in [-0.3, -0.25) is 4.98 Å². The fourth-order valence-corrected chi connectivity index (χ4v) is 2.97. The van der Waals surface area contributed by atoms with Gasteiger partial charge in [-0.1, -0.05) is 29.8 Å². The zero-order valence-corrected chi connectivity index (χ0v) is 12.6. The van der Waals surface area contributed by atoms with Gasteiger partial charge in [-0.15, -0.1) is 11.8 Å². The Morgan fingerprint density at radius 1 is 1.32 bits per heavy atom. The van der Waals surface area contributed by atoms with E-state index in [0.29, 0.717) is 0 Å². The number of benzene rings is 1. The topological polar surface area (TPSA) is 24.9 Å². The second-order valence-electron chi connectivity index (χ2n) is 4.25. The van der Waals surface area contributed by atoms with E-state index < -0.39 is 0 Å². The molecule has 0 aliphatic carbocycles. The van der Waals surface area contributed by atoms with Crippen LogP contribution in [0.4, 0.5) is 0 Å². The lowest BCUT2D eigenvalue weighted by Crippen LogP contribution is -2.19. The number of halogens is 1. The molecule has 0 amide bonds. The summed E-state index contributed by atoms with van der Waals surface area (Å²) >= 11 is 7.96. The highest BCUT2D eigenvalue weighted by atomic mass is 35.5. The molecule has 0 saturated heterocycles. The van der Waals surface area contributed by atoms with E-state index in [0.717, 1.165) is 17.0 Å². The lowest BCUT2D eigenvalue weighted by Gasteiger charge is -2.20. The minimum Gasteiger partial charge on any atom is -0.313 e. The second-order valence-corrected chi connectivity index (χ2v) is 5.51. The van der Waals surface area contributed by atoms with Crippen molar-refractivity contribution in [1.82, 2.24) is 10.3 Å². The fourth-order valence-electron chi connectivity index (χ4n) is 2.11. The Morgan fingerprint density at radius 2 is 2.11 bits per heavy atom. The van der Waals surface area contributed by atoms with E-state index in [9.17, 15) is 0 Å². The Bertz CT molecular complexity index is 545. The molecule has 1 unspecified atom stereocenters. The number of rotatable bonds is 5. The molecule has 2 rings (SSSR count). The van der Waals surface area contributed by atoms with Gasteiger partial charge in [0, 0.05) is 23.3 Å². The van der Waals surface area contributed by atoms with Crippen LogP contribution in [0.25, 0.3) is 0 Å². The molecule has 1 atom stereocenters. The summed E-state index contributed by atoms with van der Waals surface area (Å²) in [6.45, 7) is 0. The van der Waals surface area contributed by atoms with E-state index in [4.69, 9.17) is 11.6 Å². The molecule has 0 aliphatic heterocycles. The average molecular weight is 293 g/mol. The summed E-state index contributed by atoms with van der Waals surface area (Å²) in [6.07, 6.45) is 6.44. The van der Waals surface area contributed by atoms with Gasteiger partial charge in [-0.2, -0.15) is 0 Å². The van der Waals surface area contributed by atoms with E-state index in [1.165, 1.54) is 10.5 Å². The van der Waals surface area contributed by atoms with Gasteiger partial charge in [-0.05, 0) is 43.0 Å². The number of thioether (sulfide) groups is 1. The van der Waals surface area contributed by atoms with Crippen molar-refractivity contribution in [3.63, 3.8) is 0 Å². The molecule has 0 spiro atoms. The molecule has 1 heterocycles. The Balaban J connectivity index is 2.28. The molecule has 0 aliphatic rings. The summed E-state index contributed by atoms with van der Waals surface area (Å²) in [6, 6.07) is 10.7. The van der Waals surface area contributed by atoms with E-state index in [2.05, 4.69) is 40.8 Å². The summed E-state index contributed by atoms with van der Waals surface area (Å²) in [4.78, 5) is 5.33. The highest BCUT2D eigenvalue weighted by Crippen LogP contribution is 2.29. The zero-order valence-electron chi connectivity index (χ0n) is 11.1. The zero-order chi connectivity index (χ0) is 13.7. The van der Waals surface area contributed by atoms with E-state index in [1.54, 1.807) is 24.2 Å². The molecule has 1 aromatic carbocycles. The van der Waals surface area contributed by atoms with Crippen LogP contribution in [0.15, 0.2) is 47.6 Å². The van der Waals surface area contributed by atoms with Crippen LogP contribution in [-0.2, 0) is 6.42 Å². The normalized spacial score (nSPS) is 12.4. The van der Waals surface area contributed by atoms with Crippen LogP contribution in [0.2, 0.25) is 5.02 Å². The van der Waals surface area contributed by atoms with Crippen molar-refractivity contribution in [2.75, 3.05) is 13.3 Å². The number of nitrogens with zero attached hydrogens (tertiary/aromatic N) is 1. The first kappa shape index (κ1) is 14.4. The molecule has 0 radical (unpaired) electrons. The minimum atomic E-state index is 0.253. The maximum atomic E-state index is 6.19. The SMILES string of the molecule is CNC(Cc1ccncc1Cl)c1ccccc1SC. The predicted molar refractivity (Wildman–Crippen MR) is 83.0 cm³/mol. The van der Waals surface area contributed by atoms with Crippen molar-refractivity contribution in [2.45, 2.75) is 17.4 Å². The Labute approximate surface area is 123 Å². The quantitative estimate of drug-likeness (QED) is 0.845. The van der Waals surface area contributed by atoms with E-state index >= 15 is 0 Å². The molecule has 0 bridgehead atoms. The third-order valence-electron chi connectivity index (χ3n) is 3.14. The maximum Gasteiger partial charge on any atom is 0.0622 e. The van der Waals surface area contributed by atoms with Crippen molar-refractivity contribution in [3.8, 4) is 0 Å². The Hall–Kier alpha value is -1.03. The van der Waals surface area contributed by atoms with Gasteiger partial charge in [0.2, 0.25) is 0 Å². The smallest absolute Gasteiger partial charge is 0.0622 e. The van der Waals surface area contributed by atoms with Gasteiger partial charge in [0.1, 0.15) is 0 Å². The summed E-state index contributed by atoms with van der Waals surface area (Å²) in [7, 11) is 1.98. The summed E-state index contributed by atoms with van der Waals surface area (Å²) in [5, 5.41) is 4.10. The third kappa shape index (κ3) is 3.50. The molecule has 2 aromatic rings. The van der Waals surface area contributed by atoms with Gasteiger partial charge < -0.3 is 5.32 Å². The summed E-state index contributed by atoms with van der Waals surface area (Å²) in [5.74, 6) is 0. The van der Waals surface area contributed by atoms with Crippen LogP contribution < -0.4 is 5.32 Å². The van der Waals surface area contributed by atoms with Crippen LogP contribution in [-0.4, -0.2) is 18.3 Å². The molecule has 0 saturated carbocycles. The summed E-state index contributed by atoms with van der Waals surface area (Å²) in [5.41, 5.74) is 2.43. The van der Waals surface area contributed by atoms with Gasteiger partial charge >= 0.3 is 0 Å².